The molecule has 0 radical (unpaired) electrons. The molecule has 212 valence electrons. The summed E-state index contributed by atoms with van der Waals surface area (Å²) in [6.07, 6.45) is 11.3. The van der Waals surface area contributed by atoms with Crippen LogP contribution in [0.4, 0.5) is 0 Å². The zero-order valence-electron chi connectivity index (χ0n) is 26.7. The van der Waals surface area contributed by atoms with Gasteiger partial charge in [-0.15, -0.1) is 0 Å². The Kier molecular flexibility index (Phi) is 14.9. The summed E-state index contributed by atoms with van der Waals surface area (Å²) in [5.74, 6) is 0. The minimum absolute atomic E-state index is 0.772. The molecule has 1 aromatic carbocycles. The Morgan fingerprint density at radius 3 is 1.49 bits per heavy atom. The minimum atomic E-state index is -1.74. The van der Waals surface area contributed by atoms with E-state index in [4.69, 9.17) is 0 Å². The predicted octanol–water partition coefficient (Wildman–Crippen LogP) is 11.0. The molecule has 1 rings (SSSR count). The summed E-state index contributed by atoms with van der Waals surface area (Å²) in [7, 11) is -3.47. The van der Waals surface area contributed by atoms with Crippen molar-refractivity contribution in [2.75, 3.05) is 13.1 Å². The van der Waals surface area contributed by atoms with E-state index in [2.05, 4.69) is 135 Å². The first-order valence-corrected chi connectivity index (χ1v) is 19.7. The van der Waals surface area contributed by atoms with Crippen molar-refractivity contribution in [1.29, 1.82) is 0 Å². The maximum atomic E-state index is 4.63. The first-order chi connectivity index (χ1) is 17.4. The highest BCUT2D eigenvalue weighted by molar-refractivity contribution is 6.96. The Balaban J connectivity index is 2.96. The number of hydrogen-bond donors (Lipinski definition) is 0. The van der Waals surface area contributed by atoms with Crippen molar-refractivity contribution < 1.29 is 0 Å². The molecule has 0 unspecified atom stereocenters. The van der Waals surface area contributed by atoms with Crippen molar-refractivity contribution in [1.82, 2.24) is 4.23 Å². The summed E-state index contributed by atoms with van der Waals surface area (Å²) in [6, 6.07) is 10.4. The van der Waals surface area contributed by atoms with Crippen molar-refractivity contribution in [2.45, 2.75) is 142 Å². The van der Waals surface area contributed by atoms with Crippen molar-refractivity contribution in [3.63, 3.8) is 0 Å². The van der Waals surface area contributed by atoms with E-state index < -0.39 is 16.5 Å². The van der Waals surface area contributed by atoms with Crippen LogP contribution < -0.4 is 0 Å². The van der Waals surface area contributed by atoms with Gasteiger partial charge in [-0.1, -0.05) is 132 Å². The molecule has 0 aliphatic heterocycles. The van der Waals surface area contributed by atoms with E-state index in [9.17, 15) is 0 Å². The molecule has 0 aliphatic carbocycles. The van der Waals surface area contributed by atoms with E-state index in [-0.39, 0.29) is 0 Å². The SMILES string of the molecule is CC(C)[Si](C(C)C)(C(C)C)N(CCCCCCN=CC=Cc1ccccc1)[Si](C(C)C)(C(C)C)C(C)C. The van der Waals surface area contributed by atoms with Crippen molar-refractivity contribution in [3.8, 4) is 0 Å². The lowest BCUT2D eigenvalue weighted by atomic mass is 10.2. The smallest absolute Gasteiger partial charge is 0.129 e. The molecule has 0 amide bonds. The van der Waals surface area contributed by atoms with Crippen LogP contribution in [0.25, 0.3) is 6.08 Å². The zero-order valence-corrected chi connectivity index (χ0v) is 28.7. The molecule has 1 aromatic rings. The number of rotatable bonds is 17. The van der Waals surface area contributed by atoms with Gasteiger partial charge >= 0.3 is 0 Å². The van der Waals surface area contributed by atoms with Crippen LogP contribution in [0.5, 0.6) is 0 Å². The number of unbranched alkanes of at least 4 members (excludes halogenated alkanes) is 3. The highest BCUT2D eigenvalue weighted by atomic mass is 28.4. The monoisotopic (exact) mass is 542 g/mol. The molecule has 0 fully saturated rings. The second kappa shape index (κ2) is 16.2. The highest BCUT2D eigenvalue weighted by Gasteiger charge is 2.58. The van der Waals surface area contributed by atoms with Gasteiger partial charge in [-0.05, 0) is 64.3 Å². The Morgan fingerprint density at radius 2 is 1.05 bits per heavy atom. The largest absolute Gasteiger partial charge is 0.344 e. The van der Waals surface area contributed by atoms with Gasteiger partial charge in [0, 0.05) is 12.8 Å². The predicted molar refractivity (Wildman–Crippen MR) is 176 cm³/mol. The molecule has 4 heteroatoms. The van der Waals surface area contributed by atoms with Gasteiger partial charge < -0.3 is 4.23 Å². The first kappa shape index (κ1) is 34.1. The van der Waals surface area contributed by atoms with Crippen LogP contribution >= 0.6 is 0 Å². The van der Waals surface area contributed by atoms with Gasteiger partial charge in [-0.3, -0.25) is 4.99 Å². The van der Waals surface area contributed by atoms with Crippen LogP contribution in [0, 0.1) is 0 Å². The van der Waals surface area contributed by atoms with E-state index in [1.54, 1.807) is 0 Å². The Hall–Kier alpha value is -0.976. The molecule has 0 saturated heterocycles. The molecular formula is C33H62N2Si2. The van der Waals surface area contributed by atoms with E-state index in [1.807, 2.05) is 6.21 Å². The molecule has 0 aromatic heterocycles. The van der Waals surface area contributed by atoms with Crippen LogP contribution in [0.3, 0.4) is 0 Å². The Bertz CT molecular complexity index is 718. The standard InChI is InChI=1S/C33H62N2Si2/c1-27(2)36(28(3)4,29(5)6)35(37(30(7)8,31(9)10)32(11)12)26-19-14-13-18-24-34-25-20-23-33-21-16-15-17-22-33/h15-17,20-23,25,27-32H,13-14,18-19,24,26H2,1-12H3. The number of benzene rings is 1. The van der Waals surface area contributed by atoms with Crippen LogP contribution in [0.1, 0.15) is 114 Å². The zero-order chi connectivity index (χ0) is 28.2. The summed E-state index contributed by atoms with van der Waals surface area (Å²) in [5.41, 5.74) is 5.86. The average Bonchev–Trinajstić information content (AvgIpc) is 2.79. The summed E-state index contributed by atoms with van der Waals surface area (Å²) in [4.78, 5) is 4.63. The average molecular weight is 543 g/mol. The molecule has 0 heterocycles. The second-order valence-corrected chi connectivity index (χ2v) is 25.1. The number of nitrogens with zero attached hydrogens (tertiary/aromatic N) is 2. The minimum Gasteiger partial charge on any atom is -0.344 e. The number of allylic oxidation sites excluding steroid dienone is 1. The summed E-state index contributed by atoms with van der Waals surface area (Å²) in [6.45, 7) is 33.0. The summed E-state index contributed by atoms with van der Waals surface area (Å²) < 4.78 is 3.34. The van der Waals surface area contributed by atoms with Gasteiger partial charge in [0.25, 0.3) is 0 Å². The summed E-state index contributed by atoms with van der Waals surface area (Å²) >= 11 is 0. The van der Waals surface area contributed by atoms with Gasteiger partial charge in [0.1, 0.15) is 16.5 Å². The van der Waals surface area contributed by atoms with E-state index in [1.165, 1.54) is 37.8 Å². The molecule has 0 atom stereocenters. The Morgan fingerprint density at radius 1 is 0.622 bits per heavy atom. The molecule has 0 bridgehead atoms. The molecular weight excluding hydrogens is 481 g/mol. The second-order valence-electron chi connectivity index (χ2n) is 13.1. The van der Waals surface area contributed by atoms with Crippen LogP contribution in [0.2, 0.25) is 33.2 Å². The molecule has 37 heavy (non-hydrogen) atoms. The topological polar surface area (TPSA) is 15.6 Å². The lowest BCUT2D eigenvalue weighted by molar-refractivity contribution is 0.471. The first-order valence-electron chi connectivity index (χ1n) is 15.4. The van der Waals surface area contributed by atoms with Crippen LogP contribution in [-0.4, -0.2) is 40.0 Å². The molecule has 0 spiro atoms. The highest BCUT2D eigenvalue weighted by Crippen LogP contribution is 2.53. The van der Waals surface area contributed by atoms with Crippen molar-refractivity contribution >= 4 is 28.8 Å². The van der Waals surface area contributed by atoms with E-state index in [0.717, 1.165) is 39.8 Å². The fourth-order valence-corrected chi connectivity index (χ4v) is 28.4. The van der Waals surface area contributed by atoms with E-state index in [0.29, 0.717) is 0 Å². The third-order valence-corrected chi connectivity index (χ3v) is 24.9. The van der Waals surface area contributed by atoms with Gasteiger partial charge in [-0.25, -0.2) is 0 Å². The molecule has 2 nitrogen and oxygen atoms in total. The van der Waals surface area contributed by atoms with Gasteiger partial charge in [0.15, 0.2) is 0 Å². The Labute approximate surface area is 234 Å². The number of hydrogen-bond acceptors (Lipinski definition) is 2. The number of aliphatic imine (C=N–C) groups is 1. The molecule has 0 saturated carbocycles. The third kappa shape index (κ3) is 8.25. The van der Waals surface area contributed by atoms with Gasteiger partial charge in [-0.2, -0.15) is 0 Å². The van der Waals surface area contributed by atoms with Crippen molar-refractivity contribution in [3.05, 3.63) is 42.0 Å². The lowest BCUT2D eigenvalue weighted by Crippen LogP contribution is -2.73. The van der Waals surface area contributed by atoms with Crippen LogP contribution in [-0.2, 0) is 0 Å². The normalized spacial score (nSPS) is 13.9. The van der Waals surface area contributed by atoms with Crippen LogP contribution in [0.15, 0.2) is 41.4 Å². The van der Waals surface area contributed by atoms with Gasteiger partial charge in [0.2, 0.25) is 0 Å². The van der Waals surface area contributed by atoms with Gasteiger partial charge in [0.05, 0.1) is 0 Å². The molecule has 0 aliphatic rings. The van der Waals surface area contributed by atoms with E-state index >= 15 is 0 Å². The quantitative estimate of drug-likeness (QED) is 0.109. The third-order valence-electron chi connectivity index (χ3n) is 9.18. The molecule has 0 N–H and O–H groups in total. The maximum Gasteiger partial charge on any atom is 0.129 e. The fourth-order valence-electron chi connectivity index (χ4n) is 8.27. The van der Waals surface area contributed by atoms with Crippen molar-refractivity contribution in [2.24, 2.45) is 4.99 Å². The fraction of sp³-hybridized carbons (Fsp3) is 0.727. The summed E-state index contributed by atoms with van der Waals surface area (Å²) in [5, 5.41) is 0. The lowest BCUT2D eigenvalue weighted by Gasteiger charge is -2.63. The maximum absolute atomic E-state index is 4.63.